The van der Waals surface area contributed by atoms with Crippen molar-refractivity contribution < 1.29 is 0 Å². The molecule has 0 aromatic heterocycles. The first-order valence-electron chi connectivity index (χ1n) is 7.34. The molecule has 2 saturated carbocycles. The molecule has 2 rings (SSSR count). The lowest BCUT2D eigenvalue weighted by Gasteiger charge is -2.28. The van der Waals surface area contributed by atoms with E-state index in [-0.39, 0.29) is 0 Å². The Bertz CT molecular complexity index is 248. The van der Waals surface area contributed by atoms with E-state index in [2.05, 4.69) is 12.3 Å². The van der Waals surface area contributed by atoms with Crippen molar-refractivity contribution in [2.24, 2.45) is 22.7 Å². The SMILES string of the molecule is CC1CCC(C(=NC2CCCCC2)NN)CC1. The van der Waals surface area contributed by atoms with Crippen LogP contribution < -0.4 is 11.3 Å². The number of hydrazine groups is 1. The maximum Gasteiger partial charge on any atom is 0.114 e. The predicted molar refractivity (Wildman–Crippen MR) is 72.8 cm³/mol. The van der Waals surface area contributed by atoms with Crippen LogP contribution in [0.25, 0.3) is 0 Å². The van der Waals surface area contributed by atoms with Gasteiger partial charge in [0.05, 0.1) is 6.04 Å². The topological polar surface area (TPSA) is 50.4 Å². The third-order valence-electron chi connectivity index (χ3n) is 4.45. The van der Waals surface area contributed by atoms with E-state index in [1.165, 1.54) is 57.8 Å². The van der Waals surface area contributed by atoms with E-state index in [9.17, 15) is 0 Å². The van der Waals surface area contributed by atoms with E-state index in [0.717, 1.165) is 11.8 Å². The van der Waals surface area contributed by atoms with Crippen LogP contribution in [-0.4, -0.2) is 11.9 Å². The van der Waals surface area contributed by atoms with Crippen molar-refractivity contribution in [2.75, 3.05) is 0 Å². The van der Waals surface area contributed by atoms with E-state index in [0.29, 0.717) is 12.0 Å². The van der Waals surface area contributed by atoms with Gasteiger partial charge >= 0.3 is 0 Å². The highest BCUT2D eigenvalue weighted by Gasteiger charge is 2.23. The number of amidine groups is 1. The fraction of sp³-hybridized carbons (Fsp3) is 0.929. The van der Waals surface area contributed by atoms with Gasteiger partial charge < -0.3 is 5.43 Å². The largest absolute Gasteiger partial charge is 0.312 e. The summed E-state index contributed by atoms with van der Waals surface area (Å²) in [5, 5.41) is 0. The molecule has 3 N–H and O–H groups in total. The van der Waals surface area contributed by atoms with Gasteiger partial charge in [-0.3, -0.25) is 4.99 Å². The maximum atomic E-state index is 5.67. The standard InChI is InChI=1S/C14H27N3/c1-11-7-9-12(10-8-11)14(17-15)16-13-5-3-2-4-6-13/h11-13H,2-10,15H2,1H3,(H,16,17). The van der Waals surface area contributed by atoms with Crippen molar-refractivity contribution in [3.8, 4) is 0 Å². The highest BCUT2D eigenvalue weighted by atomic mass is 15.3. The van der Waals surface area contributed by atoms with Gasteiger partial charge in [-0.05, 0) is 31.6 Å². The van der Waals surface area contributed by atoms with Crippen molar-refractivity contribution in [2.45, 2.75) is 70.8 Å². The summed E-state index contributed by atoms with van der Waals surface area (Å²) in [4.78, 5) is 4.88. The van der Waals surface area contributed by atoms with Gasteiger partial charge in [0.1, 0.15) is 5.84 Å². The molecule has 3 nitrogen and oxygen atoms in total. The third kappa shape index (κ3) is 3.70. The van der Waals surface area contributed by atoms with E-state index >= 15 is 0 Å². The van der Waals surface area contributed by atoms with Gasteiger partial charge in [0.2, 0.25) is 0 Å². The quantitative estimate of drug-likeness (QED) is 0.336. The van der Waals surface area contributed by atoms with Gasteiger partial charge in [0.15, 0.2) is 0 Å². The Kier molecular flexibility index (Phi) is 4.84. The summed E-state index contributed by atoms with van der Waals surface area (Å²) in [5.41, 5.74) is 2.88. The van der Waals surface area contributed by atoms with E-state index in [1.54, 1.807) is 0 Å². The Morgan fingerprint density at radius 2 is 1.65 bits per heavy atom. The molecule has 0 spiro atoms. The molecule has 0 atom stereocenters. The summed E-state index contributed by atoms with van der Waals surface area (Å²) in [6, 6.07) is 0.536. The average Bonchev–Trinajstić information content (AvgIpc) is 2.38. The smallest absolute Gasteiger partial charge is 0.114 e. The summed E-state index contributed by atoms with van der Waals surface area (Å²) in [6.45, 7) is 2.35. The van der Waals surface area contributed by atoms with Gasteiger partial charge in [-0.1, -0.05) is 39.0 Å². The fourth-order valence-corrected chi connectivity index (χ4v) is 3.20. The molecule has 0 saturated heterocycles. The van der Waals surface area contributed by atoms with Crippen molar-refractivity contribution in [1.82, 2.24) is 5.43 Å². The number of rotatable bonds is 2. The summed E-state index contributed by atoms with van der Waals surface area (Å²) in [6.07, 6.45) is 11.8. The van der Waals surface area contributed by atoms with Crippen LogP contribution in [0.4, 0.5) is 0 Å². The Balaban J connectivity index is 1.92. The maximum absolute atomic E-state index is 5.67. The molecule has 0 bridgehead atoms. The van der Waals surface area contributed by atoms with Crippen LogP contribution in [0.3, 0.4) is 0 Å². The molecule has 0 aromatic carbocycles. The summed E-state index contributed by atoms with van der Waals surface area (Å²) in [5.74, 6) is 8.25. The normalized spacial score (nSPS) is 32.5. The van der Waals surface area contributed by atoms with Crippen molar-refractivity contribution in [3.05, 3.63) is 0 Å². The Hall–Kier alpha value is -0.570. The molecule has 0 unspecified atom stereocenters. The second-order valence-electron chi connectivity index (χ2n) is 5.91. The summed E-state index contributed by atoms with van der Waals surface area (Å²) >= 11 is 0. The van der Waals surface area contributed by atoms with E-state index in [1.807, 2.05) is 0 Å². The van der Waals surface area contributed by atoms with Crippen LogP contribution in [0.2, 0.25) is 0 Å². The second kappa shape index (κ2) is 6.39. The first kappa shape index (κ1) is 12.9. The van der Waals surface area contributed by atoms with E-state index < -0.39 is 0 Å². The molecule has 2 fully saturated rings. The molecule has 0 aliphatic heterocycles. The number of aliphatic imine (C=N–C) groups is 1. The molecule has 98 valence electrons. The van der Waals surface area contributed by atoms with Crippen molar-refractivity contribution >= 4 is 5.84 Å². The molecule has 0 heterocycles. The minimum Gasteiger partial charge on any atom is -0.312 e. The molecule has 0 aromatic rings. The second-order valence-corrected chi connectivity index (χ2v) is 5.91. The number of nitrogens with zero attached hydrogens (tertiary/aromatic N) is 1. The van der Waals surface area contributed by atoms with Gasteiger partial charge in [0.25, 0.3) is 0 Å². The zero-order chi connectivity index (χ0) is 12.1. The van der Waals surface area contributed by atoms with Crippen LogP contribution >= 0.6 is 0 Å². The molecule has 0 radical (unpaired) electrons. The summed E-state index contributed by atoms with van der Waals surface area (Å²) in [7, 11) is 0. The van der Waals surface area contributed by atoms with Crippen LogP contribution in [0.5, 0.6) is 0 Å². The lowest BCUT2D eigenvalue weighted by molar-refractivity contribution is 0.337. The lowest BCUT2D eigenvalue weighted by atomic mass is 9.82. The molecule has 2 aliphatic rings. The summed E-state index contributed by atoms with van der Waals surface area (Å²) < 4.78 is 0. The van der Waals surface area contributed by atoms with Crippen LogP contribution in [0, 0.1) is 11.8 Å². The van der Waals surface area contributed by atoms with Gasteiger partial charge in [-0.2, -0.15) is 0 Å². The Morgan fingerprint density at radius 3 is 2.24 bits per heavy atom. The number of nitrogens with two attached hydrogens (primary N) is 1. The van der Waals surface area contributed by atoms with Crippen LogP contribution in [-0.2, 0) is 0 Å². The number of hydrogen-bond donors (Lipinski definition) is 2. The Labute approximate surface area is 105 Å². The highest BCUT2D eigenvalue weighted by molar-refractivity contribution is 5.84. The fourth-order valence-electron chi connectivity index (χ4n) is 3.20. The molecule has 17 heavy (non-hydrogen) atoms. The monoisotopic (exact) mass is 237 g/mol. The lowest BCUT2D eigenvalue weighted by Crippen LogP contribution is -2.39. The Morgan fingerprint density at radius 1 is 1.00 bits per heavy atom. The molecule has 3 heteroatoms. The van der Waals surface area contributed by atoms with Gasteiger partial charge in [-0.15, -0.1) is 0 Å². The van der Waals surface area contributed by atoms with Crippen LogP contribution in [0.15, 0.2) is 4.99 Å². The van der Waals surface area contributed by atoms with E-state index in [4.69, 9.17) is 10.8 Å². The zero-order valence-electron chi connectivity index (χ0n) is 11.1. The first-order valence-corrected chi connectivity index (χ1v) is 7.34. The van der Waals surface area contributed by atoms with Crippen molar-refractivity contribution in [3.63, 3.8) is 0 Å². The predicted octanol–water partition coefficient (Wildman–Crippen LogP) is 3.01. The van der Waals surface area contributed by atoms with Gasteiger partial charge in [-0.25, -0.2) is 5.84 Å². The average molecular weight is 237 g/mol. The number of nitrogens with one attached hydrogen (secondary N) is 1. The highest BCUT2D eigenvalue weighted by Crippen LogP contribution is 2.29. The first-order chi connectivity index (χ1) is 8.29. The van der Waals surface area contributed by atoms with Crippen LogP contribution in [0.1, 0.15) is 64.7 Å². The minimum absolute atomic E-state index is 0.536. The minimum atomic E-state index is 0.536. The van der Waals surface area contributed by atoms with Crippen molar-refractivity contribution in [1.29, 1.82) is 0 Å². The number of hydrogen-bond acceptors (Lipinski definition) is 2. The molecular formula is C14H27N3. The van der Waals surface area contributed by atoms with Gasteiger partial charge in [0, 0.05) is 5.92 Å². The zero-order valence-corrected chi connectivity index (χ0v) is 11.1. The third-order valence-corrected chi connectivity index (χ3v) is 4.45. The molecular weight excluding hydrogens is 210 g/mol. The molecule has 0 amide bonds. The molecule has 2 aliphatic carbocycles.